The lowest BCUT2D eigenvalue weighted by Gasteiger charge is -2.10. The highest BCUT2D eigenvalue weighted by Crippen LogP contribution is 2.07. The van der Waals surface area contributed by atoms with Crippen LogP contribution >= 0.6 is 0 Å². The van der Waals surface area contributed by atoms with Crippen molar-refractivity contribution in [1.82, 2.24) is 15.1 Å². The Labute approximate surface area is 123 Å². The van der Waals surface area contributed by atoms with Gasteiger partial charge < -0.3 is 15.8 Å². The van der Waals surface area contributed by atoms with Gasteiger partial charge in [0.05, 0.1) is 17.9 Å². The monoisotopic (exact) mass is 288 g/mol. The Morgan fingerprint density at radius 1 is 1.43 bits per heavy atom. The van der Waals surface area contributed by atoms with Crippen LogP contribution in [0.1, 0.15) is 12.0 Å². The number of aromatic nitrogens is 2. The number of benzene rings is 1. The van der Waals surface area contributed by atoms with Gasteiger partial charge in [0, 0.05) is 32.0 Å². The average Bonchev–Trinajstić information content (AvgIpc) is 3.00. The van der Waals surface area contributed by atoms with Gasteiger partial charge in [-0.2, -0.15) is 5.10 Å². The summed E-state index contributed by atoms with van der Waals surface area (Å²) in [7, 11) is 1.59. The van der Waals surface area contributed by atoms with Gasteiger partial charge in [-0.1, -0.05) is 18.2 Å². The number of rotatable bonds is 7. The SMILES string of the molecule is COCCC(N)C(=O)NCc1cnn(-c2ccccc2)c1. The van der Waals surface area contributed by atoms with Crippen LogP contribution in [0.15, 0.2) is 42.7 Å². The third-order valence-corrected chi connectivity index (χ3v) is 3.09. The molecule has 0 radical (unpaired) electrons. The van der Waals surface area contributed by atoms with Gasteiger partial charge in [0.2, 0.25) is 5.91 Å². The standard InChI is InChI=1S/C15H20N4O2/c1-21-8-7-14(16)15(20)17-9-12-10-18-19(11-12)13-5-3-2-4-6-13/h2-6,10-11,14H,7-9,16H2,1H3,(H,17,20). The Kier molecular flexibility index (Phi) is 5.48. The van der Waals surface area contributed by atoms with Crippen molar-refractivity contribution in [3.63, 3.8) is 0 Å². The quantitative estimate of drug-likeness (QED) is 0.791. The van der Waals surface area contributed by atoms with Crippen LogP contribution < -0.4 is 11.1 Å². The van der Waals surface area contributed by atoms with E-state index in [2.05, 4.69) is 10.4 Å². The van der Waals surface area contributed by atoms with Gasteiger partial charge in [0.15, 0.2) is 0 Å². The minimum Gasteiger partial charge on any atom is -0.385 e. The second-order valence-corrected chi connectivity index (χ2v) is 4.73. The predicted octanol–water partition coefficient (Wildman–Crippen LogP) is 0.852. The predicted molar refractivity (Wildman–Crippen MR) is 79.9 cm³/mol. The van der Waals surface area contributed by atoms with Crippen molar-refractivity contribution in [3.05, 3.63) is 48.3 Å². The van der Waals surface area contributed by atoms with Gasteiger partial charge in [0.25, 0.3) is 0 Å². The van der Waals surface area contributed by atoms with E-state index in [9.17, 15) is 4.79 Å². The fourth-order valence-corrected chi connectivity index (χ4v) is 1.87. The molecule has 2 rings (SSSR count). The summed E-state index contributed by atoms with van der Waals surface area (Å²) < 4.78 is 6.67. The molecule has 0 aliphatic carbocycles. The highest BCUT2D eigenvalue weighted by molar-refractivity contribution is 5.81. The molecule has 21 heavy (non-hydrogen) atoms. The van der Waals surface area contributed by atoms with Gasteiger partial charge in [0.1, 0.15) is 0 Å². The zero-order chi connectivity index (χ0) is 15.1. The van der Waals surface area contributed by atoms with Gasteiger partial charge >= 0.3 is 0 Å². The van der Waals surface area contributed by atoms with Crippen molar-refractivity contribution in [2.24, 2.45) is 5.73 Å². The molecule has 0 saturated heterocycles. The number of nitrogens with one attached hydrogen (secondary N) is 1. The van der Waals surface area contributed by atoms with Crippen LogP contribution in [0.5, 0.6) is 0 Å². The molecular weight excluding hydrogens is 268 g/mol. The molecule has 0 bridgehead atoms. The summed E-state index contributed by atoms with van der Waals surface area (Å²) in [5.41, 5.74) is 7.65. The van der Waals surface area contributed by atoms with Crippen molar-refractivity contribution >= 4 is 5.91 Å². The number of methoxy groups -OCH3 is 1. The van der Waals surface area contributed by atoms with E-state index in [0.29, 0.717) is 19.6 Å². The Balaban J connectivity index is 1.87. The Morgan fingerprint density at radius 3 is 2.90 bits per heavy atom. The smallest absolute Gasteiger partial charge is 0.237 e. The molecule has 6 nitrogen and oxygen atoms in total. The summed E-state index contributed by atoms with van der Waals surface area (Å²) in [6.07, 6.45) is 4.12. The summed E-state index contributed by atoms with van der Waals surface area (Å²) in [5.74, 6) is -0.181. The van der Waals surface area contributed by atoms with Crippen molar-refractivity contribution in [2.45, 2.75) is 19.0 Å². The van der Waals surface area contributed by atoms with E-state index in [4.69, 9.17) is 10.5 Å². The van der Waals surface area contributed by atoms with Crippen LogP contribution in [0.3, 0.4) is 0 Å². The number of para-hydroxylation sites is 1. The van der Waals surface area contributed by atoms with Crippen LogP contribution in [0, 0.1) is 0 Å². The number of amides is 1. The zero-order valence-corrected chi connectivity index (χ0v) is 12.0. The highest BCUT2D eigenvalue weighted by atomic mass is 16.5. The first-order chi connectivity index (χ1) is 10.2. The fraction of sp³-hybridized carbons (Fsp3) is 0.333. The molecule has 3 N–H and O–H groups in total. The normalized spacial score (nSPS) is 12.1. The molecule has 0 fully saturated rings. The number of nitrogens with zero attached hydrogens (tertiary/aromatic N) is 2. The molecule has 0 aliphatic rings. The summed E-state index contributed by atoms with van der Waals surface area (Å²) in [5, 5.41) is 7.07. The maximum atomic E-state index is 11.8. The van der Waals surface area contributed by atoms with E-state index >= 15 is 0 Å². The van der Waals surface area contributed by atoms with Gasteiger partial charge in [-0.3, -0.25) is 4.79 Å². The maximum absolute atomic E-state index is 11.8. The lowest BCUT2D eigenvalue weighted by molar-refractivity contribution is -0.122. The first-order valence-corrected chi connectivity index (χ1v) is 6.82. The van der Waals surface area contributed by atoms with Gasteiger partial charge in [-0.05, 0) is 18.6 Å². The highest BCUT2D eigenvalue weighted by Gasteiger charge is 2.12. The maximum Gasteiger partial charge on any atom is 0.237 e. The molecule has 6 heteroatoms. The molecule has 112 valence electrons. The van der Waals surface area contributed by atoms with E-state index < -0.39 is 6.04 Å². The molecule has 0 saturated carbocycles. The third-order valence-electron chi connectivity index (χ3n) is 3.09. The van der Waals surface area contributed by atoms with E-state index in [0.717, 1.165) is 11.3 Å². The Hall–Kier alpha value is -2.18. The second kappa shape index (κ2) is 7.56. The van der Waals surface area contributed by atoms with Crippen molar-refractivity contribution in [2.75, 3.05) is 13.7 Å². The second-order valence-electron chi connectivity index (χ2n) is 4.73. The molecule has 1 aromatic heterocycles. The Bertz CT molecular complexity index is 568. The van der Waals surface area contributed by atoms with Gasteiger partial charge in [-0.25, -0.2) is 4.68 Å². The molecule has 2 aromatic rings. The lowest BCUT2D eigenvalue weighted by Crippen LogP contribution is -2.40. The van der Waals surface area contributed by atoms with E-state index in [1.165, 1.54) is 0 Å². The minimum absolute atomic E-state index is 0.181. The van der Waals surface area contributed by atoms with Crippen LogP contribution in [0.4, 0.5) is 0 Å². The molecule has 1 aromatic carbocycles. The number of nitrogens with two attached hydrogens (primary N) is 1. The average molecular weight is 288 g/mol. The first kappa shape index (κ1) is 15.2. The van der Waals surface area contributed by atoms with Crippen LogP contribution in [-0.4, -0.2) is 35.4 Å². The number of hydrogen-bond acceptors (Lipinski definition) is 4. The van der Waals surface area contributed by atoms with Crippen LogP contribution in [0.25, 0.3) is 5.69 Å². The van der Waals surface area contributed by atoms with E-state index in [1.807, 2.05) is 36.5 Å². The summed E-state index contributed by atoms with van der Waals surface area (Å²) >= 11 is 0. The van der Waals surface area contributed by atoms with Crippen molar-refractivity contribution < 1.29 is 9.53 Å². The summed E-state index contributed by atoms with van der Waals surface area (Å²) in [6, 6.07) is 9.25. The molecular formula is C15H20N4O2. The van der Waals surface area contributed by atoms with Crippen molar-refractivity contribution in [1.29, 1.82) is 0 Å². The van der Waals surface area contributed by atoms with E-state index in [1.54, 1.807) is 18.0 Å². The molecule has 0 spiro atoms. The largest absolute Gasteiger partial charge is 0.385 e. The lowest BCUT2D eigenvalue weighted by atomic mass is 10.2. The van der Waals surface area contributed by atoms with Crippen LogP contribution in [0.2, 0.25) is 0 Å². The summed E-state index contributed by atoms with van der Waals surface area (Å²) in [6.45, 7) is 0.882. The Morgan fingerprint density at radius 2 is 2.19 bits per heavy atom. The summed E-state index contributed by atoms with van der Waals surface area (Å²) in [4.78, 5) is 11.8. The molecule has 0 aliphatic heterocycles. The number of carbonyl (C=O) groups excluding carboxylic acids is 1. The molecule has 1 atom stereocenters. The van der Waals surface area contributed by atoms with E-state index in [-0.39, 0.29) is 5.91 Å². The molecule has 1 unspecified atom stereocenters. The van der Waals surface area contributed by atoms with Crippen molar-refractivity contribution in [3.8, 4) is 5.69 Å². The molecule has 1 heterocycles. The van der Waals surface area contributed by atoms with Crippen LogP contribution in [-0.2, 0) is 16.1 Å². The topological polar surface area (TPSA) is 82.2 Å². The first-order valence-electron chi connectivity index (χ1n) is 6.82. The number of ether oxygens (including phenoxy) is 1. The molecule has 1 amide bonds. The zero-order valence-electron chi connectivity index (χ0n) is 12.0. The number of hydrogen-bond donors (Lipinski definition) is 2. The fourth-order valence-electron chi connectivity index (χ4n) is 1.87. The number of carbonyl (C=O) groups is 1. The third kappa shape index (κ3) is 4.40. The van der Waals surface area contributed by atoms with Gasteiger partial charge in [-0.15, -0.1) is 0 Å². The minimum atomic E-state index is -0.547.